The minimum atomic E-state index is -0.448. The Morgan fingerprint density at radius 3 is 2.33 bits per heavy atom. The molecule has 1 amide bonds. The summed E-state index contributed by atoms with van der Waals surface area (Å²) in [6.45, 7) is 2.87. The van der Waals surface area contributed by atoms with E-state index in [9.17, 15) is 4.79 Å². The highest BCUT2D eigenvalue weighted by Crippen LogP contribution is 2.41. The lowest BCUT2D eigenvalue weighted by molar-refractivity contribution is -0.122. The minimum Gasteiger partial charge on any atom is -0.493 e. The third-order valence-electron chi connectivity index (χ3n) is 6.36. The smallest absolute Gasteiger partial charge is 0.235 e. The van der Waals surface area contributed by atoms with Crippen LogP contribution in [0, 0.1) is 0 Å². The lowest BCUT2D eigenvalue weighted by atomic mass is 9.68. The molecule has 3 heteroatoms. The van der Waals surface area contributed by atoms with Crippen molar-refractivity contribution in [3.63, 3.8) is 0 Å². The van der Waals surface area contributed by atoms with E-state index < -0.39 is 5.41 Å². The summed E-state index contributed by atoms with van der Waals surface area (Å²) in [7, 11) is 0. The van der Waals surface area contributed by atoms with E-state index in [0.29, 0.717) is 6.61 Å². The molecule has 0 atom stereocenters. The van der Waals surface area contributed by atoms with Gasteiger partial charge in [0.05, 0.1) is 12.0 Å². The van der Waals surface area contributed by atoms with E-state index >= 15 is 0 Å². The van der Waals surface area contributed by atoms with E-state index in [1.165, 1.54) is 6.42 Å². The highest BCUT2D eigenvalue weighted by atomic mass is 16.5. The van der Waals surface area contributed by atoms with Gasteiger partial charge in [0.25, 0.3) is 0 Å². The number of benzene rings is 3. The molecule has 156 valence electrons. The number of amides is 1. The Kier molecular flexibility index (Phi) is 6.37. The molecular weight excluding hydrogens is 370 g/mol. The number of carbonyl (C=O) groups is 1. The van der Waals surface area contributed by atoms with Crippen molar-refractivity contribution in [2.45, 2.75) is 57.3 Å². The van der Waals surface area contributed by atoms with Gasteiger partial charge in [0.15, 0.2) is 0 Å². The first-order valence-electron chi connectivity index (χ1n) is 11.3. The summed E-state index contributed by atoms with van der Waals surface area (Å²) in [6.07, 6.45) is 7.33. The summed E-state index contributed by atoms with van der Waals surface area (Å²) in [5, 5.41) is 5.37. The fourth-order valence-electron chi connectivity index (χ4n) is 4.63. The van der Waals surface area contributed by atoms with Crippen molar-refractivity contribution in [3.05, 3.63) is 72.3 Å². The van der Waals surface area contributed by atoms with Gasteiger partial charge < -0.3 is 10.1 Å². The predicted octanol–water partition coefficient (Wildman–Crippen LogP) is 6.86. The fourth-order valence-corrected chi connectivity index (χ4v) is 4.63. The largest absolute Gasteiger partial charge is 0.493 e. The van der Waals surface area contributed by atoms with E-state index in [-0.39, 0.29) is 5.91 Å². The Hall–Kier alpha value is -2.81. The molecule has 30 heavy (non-hydrogen) atoms. The summed E-state index contributed by atoms with van der Waals surface area (Å²) in [4.78, 5) is 13.7. The molecule has 0 saturated heterocycles. The SMILES string of the molecule is CCCCOc1ccc(NC(=O)C2(c3ccccc3)CCCCC2)c2ccccc12. The number of fused-ring (bicyclic) bond motifs is 1. The maximum absolute atomic E-state index is 13.7. The number of rotatable bonds is 7. The average molecular weight is 402 g/mol. The maximum atomic E-state index is 13.7. The predicted molar refractivity (Wildman–Crippen MR) is 124 cm³/mol. The molecule has 0 heterocycles. The molecule has 1 aliphatic carbocycles. The first kappa shape index (κ1) is 20.5. The van der Waals surface area contributed by atoms with Gasteiger partial charge in [-0.2, -0.15) is 0 Å². The van der Waals surface area contributed by atoms with Crippen LogP contribution in [-0.2, 0) is 10.2 Å². The summed E-state index contributed by atoms with van der Waals surface area (Å²) in [5.74, 6) is 0.991. The lowest BCUT2D eigenvalue weighted by Crippen LogP contribution is -2.42. The second-order valence-electron chi connectivity index (χ2n) is 8.32. The number of anilines is 1. The highest BCUT2D eigenvalue weighted by molar-refractivity contribution is 6.07. The molecule has 1 saturated carbocycles. The van der Waals surface area contributed by atoms with Crippen LogP contribution < -0.4 is 10.1 Å². The summed E-state index contributed by atoms with van der Waals surface area (Å²) >= 11 is 0. The van der Waals surface area contributed by atoms with Crippen molar-refractivity contribution >= 4 is 22.4 Å². The quantitative estimate of drug-likeness (QED) is 0.439. The molecular formula is C27H31NO2. The summed E-state index contributed by atoms with van der Waals surface area (Å²) < 4.78 is 6.01. The molecule has 3 nitrogen and oxygen atoms in total. The van der Waals surface area contributed by atoms with Crippen LogP contribution in [0.15, 0.2) is 66.7 Å². The van der Waals surface area contributed by atoms with Gasteiger partial charge in [0, 0.05) is 16.5 Å². The van der Waals surface area contributed by atoms with Crippen LogP contribution in [0.5, 0.6) is 5.75 Å². The Morgan fingerprint density at radius 2 is 1.60 bits per heavy atom. The molecule has 0 aliphatic heterocycles. The van der Waals surface area contributed by atoms with Gasteiger partial charge >= 0.3 is 0 Å². The molecule has 1 fully saturated rings. The van der Waals surface area contributed by atoms with Crippen molar-refractivity contribution in [1.29, 1.82) is 0 Å². The molecule has 1 N–H and O–H groups in total. The number of nitrogens with one attached hydrogen (secondary N) is 1. The van der Waals surface area contributed by atoms with Crippen molar-refractivity contribution in [1.82, 2.24) is 0 Å². The minimum absolute atomic E-state index is 0.109. The monoisotopic (exact) mass is 401 g/mol. The first-order chi connectivity index (χ1) is 14.7. The van der Waals surface area contributed by atoms with E-state index in [1.54, 1.807) is 0 Å². The van der Waals surface area contributed by atoms with E-state index in [2.05, 4.69) is 36.5 Å². The highest BCUT2D eigenvalue weighted by Gasteiger charge is 2.41. The van der Waals surface area contributed by atoms with E-state index in [0.717, 1.165) is 66.3 Å². The van der Waals surface area contributed by atoms with Gasteiger partial charge in [0.2, 0.25) is 5.91 Å². The molecule has 0 aromatic heterocycles. The molecule has 0 spiro atoms. The van der Waals surface area contributed by atoms with Crippen LogP contribution in [0.3, 0.4) is 0 Å². The van der Waals surface area contributed by atoms with Gasteiger partial charge in [-0.05, 0) is 37.0 Å². The van der Waals surface area contributed by atoms with Crippen LogP contribution in [0.25, 0.3) is 10.8 Å². The molecule has 0 bridgehead atoms. The van der Waals surface area contributed by atoms with Crippen molar-refractivity contribution in [2.75, 3.05) is 11.9 Å². The zero-order chi connectivity index (χ0) is 20.8. The second-order valence-corrected chi connectivity index (χ2v) is 8.32. The molecule has 4 rings (SSSR count). The van der Waals surface area contributed by atoms with Gasteiger partial charge in [-0.25, -0.2) is 0 Å². The zero-order valence-electron chi connectivity index (χ0n) is 17.8. The van der Waals surface area contributed by atoms with E-state index in [4.69, 9.17) is 4.74 Å². The standard InChI is InChI=1S/C27H31NO2/c1-2-3-20-30-25-17-16-24(22-14-8-9-15-23(22)25)28-26(29)27(18-10-5-11-19-27)21-12-6-4-7-13-21/h4,6-9,12-17H,2-3,5,10-11,18-20H2,1H3,(H,28,29). The average Bonchev–Trinajstić information content (AvgIpc) is 2.81. The number of unbranched alkanes of at least 4 members (excludes halogenated alkanes) is 1. The third-order valence-corrected chi connectivity index (χ3v) is 6.36. The Balaban J connectivity index is 1.66. The van der Waals surface area contributed by atoms with Crippen molar-refractivity contribution < 1.29 is 9.53 Å². The van der Waals surface area contributed by atoms with Crippen LogP contribution in [0.2, 0.25) is 0 Å². The second kappa shape index (κ2) is 9.34. The van der Waals surface area contributed by atoms with Gasteiger partial charge in [-0.1, -0.05) is 87.2 Å². The zero-order valence-corrected chi connectivity index (χ0v) is 17.8. The molecule has 0 radical (unpaired) electrons. The summed E-state index contributed by atoms with van der Waals surface area (Å²) in [6, 6.07) is 22.5. The van der Waals surface area contributed by atoms with Crippen LogP contribution in [-0.4, -0.2) is 12.5 Å². The molecule has 0 unspecified atom stereocenters. The molecule has 3 aromatic carbocycles. The Morgan fingerprint density at radius 1 is 0.900 bits per heavy atom. The fraction of sp³-hybridized carbons (Fsp3) is 0.370. The number of hydrogen-bond donors (Lipinski definition) is 1. The molecule has 1 aliphatic rings. The molecule has 3 aromatic rings. The van der Waals surface area contributed by atoms with Gasteiger partial charge in [0.1, 0.15) is 5.75 Å². The van der Waals surface area contributed by atoms with Gasteiger partial charge in [-0.15, -0.1) is 0 Å². The van der Waals surface area contributed by atoms with Crippen molar-refractivity contribution in [3.8, 4) is 5.75 Å². The number of carbonyl (C=O) groups excluding carboxylic acids is 1. The van der Waals surface area contributed by atoms with Crippen LogP contribution in [0.4, 0.5) is 5.69 Å². The van der Waals surface area contributed by atoms with Crippen LogP contribution in [0.1, 0.15) is 57.4 Å². The van der Waals surface area contributed by atoms with Crippen LogP contribution >= 0.6 is 0 Å². The van der Waals surface area contributed by atoms with Gasteiger partial charge in [-0.3, -0.25) is 4.79 Å². The first-order valence-corrected chi connectivity index (χ1v) is 11.3. The normalized spacial score (nSPS) is 15.6. The van der Waals surface area contributed by atoms with Crippen molar-refractivity contribution in [2.24, 2.45) is 0 Å². The third kappa shape index (κ3) is 4.07. The number of ether oxygens (including phenoxy) is 1. The Labute approximate surface area is 179 Å². The lowest BCUT2D eigenvalue weighted by Gasteiger charge is -2.36. The summed E-state index contributed by atoms with van der Waals surface area (Å²) in [5.41, 5.74) is 1.54. The number of hydrogen-bond acceptors (Lipinski definition) is 2. The topological polar surface area (TPSA) is 38.3 Å². The Bertz CT molecular complexity index is 990. The van der Waals surface area contributed by atoms with E-state index in [1.807, 2.05) is 42.5 Å². The maximum Gasteiger partial charge on any atom is 0.235 e.